The third kappa shape index (κ3) is 4.17. The quantitative estimate of drug-likeness (QED) is 0.808. The summed E-state index contributed by atoms with van der Waals surface area (Å²) in [5, 5.41) is 3.12. The molecule has 0 atom stereocenters. The summed E-state index contributed by atoms with van der Waals surface area (Å²) in [5.41, 5.74) is 0. The zero-order chi connectivity index (χ0) is 13.5. The third-order valence-corrected chi connectivity index (χ3v) is 2.78. The van der Waals surface area contributed by atoms with E-state index in [4.69, 9.17) is 0 Å². The third-order valence-electron chi connectivity index (χ3n) is 2.78. The molecule has 0 spiro atoms. The first-order valence-corrected chi connectivity index (χ1v) is 6.91. The molecule has 4 heteroatoms. The lowest BCUT2D eigenvalue weighted by atomic mass is 10.2. The van der Waals surface area contributed by atoms with Crippen LogP contribution >= 0.6 is 0 Å². The van der Waals surface area contributed by atoms with Crippen molar-refractivity contribution >= 4 is 11.6 Å². The molecule has 1 aromatic heterocycles. The first kappa shape index (κ1) is 14.7. The normalized spacial score (nSPS) is 10.8. The van der Waals surface area contributed by atoms with E-state index >= 15 is 0 Å². The number of nitrogens with zero attached hydrogens (tertiary/aromatic N) is 3. The van der Waals surface area contributed by atoms with Gasteiger partial charge >= 0.3 is 0 Å². The molecule has 4 nitrogen and oxygen atoms in total. The summed E-state index contributed by atoms with van der Waals surface area (Å²) in [6.07, 6.45) is 2.00. The maximum atomic E-state index is 4.67. The largest absolute Gasteiger partial charge is 0.373 e. The van der Waals surface area contributed by atoms with Crippen LogP contribution in [0.1, 0.15) is 39.9 Å². The predicted octanol–water partition coefficient (Wildman–Crippen LogP) is 2.95. The SMILES string of the molecule is CCCc1nc(NC)cc(N(CC)CC(C)C)n1. The highest BCUT2D eigenvalue weighted by Crippen LogP contribution is 2.17. The molecule has 18 heavy (non-hydrogen) atoms. The lowest BCUT2D eigenvalue weighted by Crippen LogP contribution is -2.28. The average molecular weight is 250 g/mol. The second-order valence-corrected chi connectivity index (χ2v) is 4.96. The molecule has 0 saturated carbocycles. The summed E-state index contributed by atoms with van der Waals surface area (Å²) in [5.74, 6) is 3.51. The van der Waals surface area contributed by atoms with Crippen molar-refractivity contribution in [3.8, 4) is 0 Å². The maximum absolute atomic E-state index is 4.67. The Hall–Kier alpha value is -1.32. The van der Waals surface area contributed by atoms with Gasteiger partial charge in [-0.2, -0.15) is 0 Å². The van der Waals surface area contributed by atoms with E-state index in [9.17, 15) is 0 Å². The van der Waals surface area contributed by atoms with Gasteiger partial charge in [0.1, 0.15) is 17.5 Å². The topological polar surface area (TPSA) is 41.1 Å². The van der Waals surface area contributed by atoms with E-state index in [1.54, 1.807) is 0 Å². The van der Waals surface area contributed by atoms with Crippen LogP contribution < -0.4 is 10.2 Å². The molecule has 0 unspecified atom stereocenters. The Labute approximate surface area is 111 Å². The standard InChI is InChI=1S/C14H26N4/c1-6-8-12-16-13(15-5)9-14(17-12)18(7-2)10-11(3)4/h9,11H,6-8,10H2,1-5H3,(H,15,16,17). The van der Waals surface area contributed by atoms with Crippen molar-refractivity contribution in [1.29, 1.82) is 0 Å². The van der Waals surface area contributed by atoms with Crippen LogP contribution in [0.3, 0.4) is 0 Å². The summed E-state index contributed by atoms with van der Waals surface area (Å²) in [4.78, 5) is 11.5. The molecule has 1 rings (SSSR count). The zero-order valence-corrected chi connectivity index (χ0v) is 12.3. The van der Waals surface area contributed by atoms with Crippen molar-refractivity contribution in [2.75, 3.05) is 30.4 Å². The fourth-order valence-corrected chi connectivity index (χ4v) is 1.93. The van der Waals surface area contributed by atoms with Gasteiger partial charge in [0.25, 0.3) is 0 Å². The second kappa shape index (κ2) is 7.19. The van der Waals surface area contributed by atoms with E-state index in [0.29, 0.717) is 5.92 Å². The van der Waals surface area contributed by atoms with Crippen molar-refractivity contribution in [3.05, 3.63) is 11.9 Å². The Balaban J connectivity index is 3.00. The molecule has 0 amide bonds. The summed E-state index contributed by atoms with van der Waals surface area (Å²) in [6, 6.07) is 2.03. The van der Waals surface area contributed by atoms with Crippen LogP contribution in [0.2, 0.25) is 0 Å². The summed E-state index contributed by atoms with van der Waals surface area (Å²) in [7, 11) is 1.90. The molecule has 0 aliphatic heterocycles. The molecule has 0 fully saturated rings. The number of hydrogen-bond acceptors (Lipinski definition) is 4. The van der Waals surface area contributed by atoms with Gasteiger partial charge in [0.15, 0.2) is 0 Å². The van der Waals surface area contributed by atoms with E-state index in [1.807, 2.05) is 13.1 Å². The van der Waals surface area contributed by atoms with E-state index in [1.165, 1.54) is 0 Å². The van der Waals surface area contributed by atoms with Gasteiger partial charge in [0.05, 0.1) is 0 Å². The molecular weight excluding hydrogens is 224 g/mol. The van der Waals surface area contributed by atoms with E-state index in [0.717, 1.165) is 43.4 Å². The number of nitrogens with one attached hydrogen (secondary N) is 1. The van der Waals surface area contributed by atoms with E-state index < -0.39 is 0 Å². The zero-order valence-electron chi connectivity index (χ0n) is 12.3. The van der Waals surface area contributed by atoms with Gasteiger partial charge in [0.2, 0.25) is 0 Å². The molecule has 102 valence electrons. The van der Waals surface area contributed by atoms with E-state index in [2.05, 4.69) is 47.9 Å². The fraction of sp³-hybridized carbons (Fsp3) is 0.714. The Morgan fingerprint density at radius 1 is 1.28 bits per heavy atom. The minimum atomic E-state index is 0.632. The number of rotatable bonds is 7. The summed E-state index contributed by atoms with van der Waals surface area (Å²) < 4.78 is 0. The van der Waals surface area contributed by atoms with Crippen molar-refractivity contribution in [2.45, 2.75) is 40.5 Å². The lowest BCUT2D eigenvalue weighted by molar-refractivity contribution is 0.612. The highest BCUT2D eigenvalue weighted by molar-refractivity contribution is 5.49. The van der Waals surface area contributed by atoms with Gasteiger partial charge in [-0.15, -0.1) is 0 Å². The molecule has 0 aliphatic carbocycles. The molecule has 1 aromatic rings. The van der Waals surface area contributed by atoms with Crippen molar-refractivity contribution in [1.82, 2.24) is 9.97 Å². The van der Waals surface area contributed by atoms with Gasteiger partial charge in [-0.05, 0) is 19.3 Å². The Bertz CT molecular complexity index is 363. The molecule has 0 aliphatic rings. The highest BCUT2D eigenvalue weighted by atomic mass is 15.2. The predicted molar refractivity (Wildman–Crippen MR) is 78.3 cm³/mol. The average Bonchev–Trinajstić information content (AvgIpc) is 2.35. The first-order valence-electron chi connectivity index (χ1n) is 6.91. The van der Waals surface area contributed by atoms with Crippen LogP contribution in [0.4, 0.5) is 11.6 Å². The fourth-order valence-electron chi connectivity index (χ4n) is 1.93. The summed E-state index contributed by atoms with van der Waals surface area (Å²) >= 11 is 0. The molecule has 0 aromatic carbocycles. The molecule has 0 radical (unpaired) electrons. The van der Waals surface area contributed by atoms with Crippen molar-refractivity contribution < 1.29 is 0 Å². The van der Waals surface area contributed by atoms with Crippen LogP contribution in [0.15, 0.2) is 6.07 Å². The van der Waals surface area contributed by atoms with Gasteiger partial charge < -0.3 is 10.2 Å². The number of hydrogen-bond donors (Lipinski definition) is 1. The van der Waals surface area contributed by atoms with Gasteiger partial charge in [0, 0.05) is 32.6 Å². The van der Waals surface area contributed by atoms with Crippen molar-refractivity contribution in [3.63, 3.8) is 0 Å². The highest BCUT2D eigenvalue weighted by Gasteiger charge is 2.11. The lowest BCUT2D eigenvalue weighted by Gasteiger charge is -2.24. The molecular formula is C14H26N4. The van der Waals surface area contributed by atoms with Crippen molar-refractivity contribution in [2.24, 2.45) is 5.92 Å². The molecule has 1 N–H and O–H groups in total. The van der Waals surface area contributed by atoms with Gasteiger partial charge in [-0.1, -0.05) is 20.8 Å². The van der Waals surface area contributed by atoms with Crippen LogP contribution in [0.5, 0.6) is 0 Å². The number of anilines is 2. The monoisotopic (exact) mass is 250 g/mol. The molecule has 0 bridgehead atoms. The summed E-state index contributed by atoms with van der Waals surface area (Å²) in [6.45, 7) is 10.8. The Kier molecular flexibility index (Phi) is 5.89. The van der Waals surface area contributed by atoms with Crippen LogP contribution in [0.25, 0.3) is 0 Å². The second-order valence-electron chi connectivity index (χ2n) is 4.96. The maximum Gasteiger partial charge on any atom is 0.134 e. The molecule has 0 saturated heterocycles. The minimum absolute atomic E-state index is 0.632. The van der Waals surface area contributed by atoms with Gasteiger partial charge in [-0.25, -0.2) is 9.97 Å². The van der Waals surface area contributed by atoms with E-state index in [-0.39, 0.29) is 0 Å². The smallest absolute Gasteiger partial charge is 0.134 e. The number of aryl methyl sites for hydroxylation is 1. The molecule has 1 heterocycles. The first-order chi connectivity index (χ1) is 8.60. The Morgan fingerprint density at radius 3 is 2.50 bits per heavy atom. The number of aromatic nitrogens is 2. The minimum Gasteiger partial charge on any atom is -0.373 e. The van der Waals surface area contributed by atoms with Crippen LogP contribution in [-0.4, -0.2) is 30.1 Å². The van der Waals surface area contributed by atoms with Crippen LogP contribution in [-0.2, 0) is 6.42 Å². The van der Waals surface area contributed by atoms with Crippen LogP contribution in [0, 0.1) is 5.92 Å². The van der Waals surface area contributed by atoms with Gasteiger partial charge in [-0.3, -0.25) is 0 Å². The Morgan fingerprint density at radius 2 is 2.00 bits per heavy atom.